The molecule has 0 aliphatic heterocycles. The molecule has 0 saturated heterocycles. The van der Waals surface area contributed by atoms with E-state index < -0.39 is 23.9 Å². The first-order chi connectivity index (χ1) is 63.6. The summed E-state index contributed by atoms with van der Waals surface area (Å²) in [6.45, 7) is 37.4. The maximum Gasteiger partial charge on any atom is 0.435 e. The Bertz CT molecular complexity index is 7030. The van der Waals surface area contributed by atoms with Gasteiger partial charge in [-0.15, -0.1) is 0 Å². The van der Waals surface area contributed by atoms with E-state index in [2.05, 4.69) is 35.4 Å². The number of rotatable bonds is 14. The molecule has 0 spiro atoms. The van der Waals surface area contributed by atoms with Crippen LogP contribution in [0.1, 0.15) is 71.1 Å². The third-order valence-electron chi connectivity index (χ3n) is 20.6. The van der Waals surface area contributed by atoms with Crippen molar-refractivity contribution < 1.29 is 28.6 Å². The maximum absolute atomic E-state index is 12.6. The largest absolute Gasteiger partial charge is 0.442 e. The van der Waals surface area contributed by atoms with Crippen LogP contribution in [-0.2, 0) is 4.74 Å². The molecule has 0 saturated carbocycles. The lowest BCUT2D eigenvalue weighted by molar-refractivity contribution is 0.0514. The molecule has 2 amide bonds. The lowest BCUT2D eigenvalue weighted by Gasteiger charge is -2.18. The van der Waals surface area contributed by atoms with Crippen molar-refractivity contribution >= 4 is 58.1 Å². The van der Waals surface area contributed by atoms with Gasteiger partial charge in [-0.05, 0) is 201 Å². The maximum atomic E-state index is 12.6. The Labute approximate surface area is 768 Å². The number of aromatic nitrogens is 9. The third-order valence-corrected chi connectivity index (χ3v) is 20.6. The Morgan fingerprint density at radius 1 is 0.333 bits per heavy atom. The second-order valence-corrected chi connectivity index (χ2v) is 32.2. The van der Waals surface area contributed by atoms with Crippen LogP contribution in [0.4, 0.5) is 54.2 Å². The summed E-state index contributed by atoms with van der Waals surface area (Å²) in [4.78, 5) is 76.9. The Kier molecular flexibility index (Phi) is 29.9. The predicted octanol–water partition coefficient (Wildman–Crippen LogP) is 26.7. The summed E-state index contributed by atoms with van der Waals surface area (Å²) in [5.74, 6) is 0.952. The lowest BCUT2D eigenvalue weighted by Crippen LogP contribution is -2.27. The molecule has 17 rings (SSSR count). The van der Waals surface area contributed by atoms with Gasteiger partial charge in [-0.2, -0.15) is 9.78 Å². The number of nitrogens with zero attached hydrogens (tertiary/aromatic N) is 11. The Morgan fingerprint density at radius 2 is 0.621 bits per heavy atom. The summed E-state index contributed by atoms with van der Waals surface area (Å²) < 4.78 is 17.4. The molecule has 8 N–H and O–H groups in total. The highest BCUT2D eigenvalue weighted by Gasteiger charge is 2.24. The van der Waals surface area contributed by atoms with Crippen molar-refractivity contribution in [1.29, 1.82) is 0 Å². The number of carbonyl (C=O) groups excluding carboxylic acids is 3. The monoisotopic (exact) mass is 1740 g/mol. The van der Waals surface area contributed by atoms with Crippen LogP contribution in [0.5, 0.6) is 11.5 Å². The smallest absolute Gasteiger partial charge is 0.435 e. The number of aryl methyl sites for hydroxylation is 9. The highest BCUT2D eigenvalue weighted by Crippen LogP contribution is 2.39. The molecule has 22 nitrogen and oxygen atoms in total. The first-order valence-corrected chi connectivity index (χ1v) is 42.4. The predicted molar refractivity (Wildman–Crippen MR) is 529 cm³/mol. The zero-order valence-electron chi connectivity index (χ0n) is 75.3. The Morgan fingerprint density at radius 3 is 0.932 bits per heavy atom. The molecule has 9 aromatic carbocycles. The van der Waals surface area contributed by atoms with E-state index in [0.29, 0.717) is 68.4 Å². The molecule has 654 valence electrons. The molecular formula is C110H98N16O6. The van der Waals surface area contributed by atoms with Crippen molar-refractivity contribution in [2.75, 3.05) is 27.8 Å². The van der Waals surface area contributed by atoms with Crippen molar-refractivity contribution in [3.05, 3.63) is 401 Å². The van der Waals surface area contributed by atoms with Gasteiger partial charge in [0, 0.05) is 74.5 Å². The average Bonchev–Trinajstić information content (AvgIpc) is 1.50. The van der Waals surface area contributed by atoms with E-state index in [1.165, 1.54) is 4.68 Å². The number of nitrogen functional groups attached to an aromatic ring is 3. The number of ether oxygens (including phenoxy) is 3. The van der Waals surface area contributed by atoms with Crippen molar-refractivity contribution in [1.82, 2.24) is 44.7 Å². The number of pyridine rings is 7. The molecule has 0 aliphatic rings. The number of benzene rings is 9. The number of nitrogens with two attached hydrogens (primary N) is 3. The second-order valence-electron chi connectivity index (χ2n) is 32.2. The molecule has 0 bridgehead atoms. The highest BCUT2D eigenvalue weighted by atomic mass is 16.6. The van der Waals surface area contributed by atoms with Crippen molar-refractivity contribution in [3.63, 3.8) is 0 Å². The van der Waals surface area contributed by atoms with Gasteiger partial charge in [0.15, 0.2) is 11.4 Å². The third kappa shape index (κ3) is 24.2. The highest BCUT2D eigenvalue weighted by molar-refractivity contribution is 5.94. The molecule has 0 atom stereocenters. The Balaban J connectivity index is 0.000000142. The molecule has 17 aromatic rings. The van der Waals surface area contributed by atoms with Gasteiger partial charge in [0.25, 0.3) is 0 Å². The molecule has 0 radical (unpaired) electrons. The van der Waals surface area contributed by atoms with Gasteiger partial charge in [-0.25, -0.2) is 49.0 Å². The van der Waals surface area contributed by atoms with E-state index in [9.17, 15) is 14.4 Å². The fourth-order valence-electron chi connectivity index (χ4n) is 14.2. The topological polar surface area (TPSA) is 298 Å². The zero-order chi connectivity index (χ0) is 93.5. The van der Waals surface area contributed by atoms with Crippen LogP contribution in [0.15, 0.2) is 328 Å². The van der Waals surface area contributed by atoms with Gasteiger partial charge in [0.05, 0.1) is 105 Å². The average molecular weight is 1740 g/mol. The number of amides is 2. The van der Waals surface area contributed by atoms with Gasteiger partial charge in [-0.3, -0.25) is 20.6 Å². The molecule has 0 fully saturated rings. The van der Waals surface area contributed by atoms with Gasteiger partial charge >= 0.3 is 18.3 Å². The van der Waals surface area contributed by atoms with Crippen LogP contribution in [0.2, 0.25) is 0 Å². The van der Waals surface area contributed by atoms with Crippen molar-refractivity contribution in [2.24, 2.45) is 0 Å². The fraction of sp³-hybridized carbons (Fsp3) is 0.118. The number of carbonyl (C=O) groups is 3. The molecule has 8 heterocycles. The summed E-state index contributed by atoms with van der Waals surface area (Å²) in [7, 11) is 0. The molecular weight excluding hydrogens is 1640 g/mol. The molecule has 0 aliphatic carbocycles. The van der Waals surface area contributed by atoms with E-state index in [1.54, 1.807) is 55.0 Å². The van der Waals surface area contributed by atoms with E-state index in [0.717, 1.165) is 146 Å². The summed E-state index contributed by atoms with van der Waals surface area (Å²) in [5, 5.41) is 9.83. The SMILES string of the molecule is Cc1cc(-c2nc(-c3ccccc3)c(N)cc2C)ccn1.Cc1cc(N)c(-c2ccccc2)nc1-c1cnn(C(=O)OC(C)(C)C)c1.Cc1ccc(OC(=O)Nc2cc(C)c(-c3ccnc(C)c3)nc2-c2ccccc2)cc1.[C-]#[N+]c1ccc(-c2nc(-c3ccccc3)c(N)cc2C)cc1.[C-]#[N+]c1ccc(-c2nc(-c3ccccc3)c(NC(=O)Oc3ccc(C)cc3)cc2C)cc1. The van der Waals surface area contributed by atoms with E-state index in [-0.39, 0.29) is 0 Å². The van der Waals surface area contributed by atoms with Crippen LogP contribution < -0.4 is 37.3 Å². The van der Waals surface area contributed by atoms with E-state index in [4.69, 9.17) is 69.5 Å². The minimum Gasteiger partial charge on any atom is -0.442 e. The quantitative estimate of drug-likeness (QED) is 0.0632. The van der Waals surface area contributed by atoms with Gasteiger partial charge in [0.1, 0.15) is 17.1 Å². The van der Waals surface area contributed by atoms with E-state index >= 15 is 0 Å². The van der Waals surface area contributed by atoms with Gasteiger partial charge in [-0.1, -0.05) is 236 Å². The van der Waals surface area contributed by atoms with Crippen LogP contribution >= 0.6 is 0 Å². The summed E-state index contributed by atoms with van der Waals surface area (Å²) in [6, 6.07) is 96.1. The summed E-state index contributed by atoms with van der Waals surface area (Å²) in [6.07, 6.45) is 5.14. The summed E-state index contributed by atoms with van der Waals surface area (Å²) >= 11 is 0. The zero-order valence-corrected chi connectivity index (χ0v) is 75.3. The van der Waals surface area contributed by atoms with Crippen LogP contribution in [0.3, 0.4) is 0 Å². The first kappa shape index (κ1) is 92.3. The fourth-order valence-corrected chi connectivity index (χ4v) is 14.2. The van der Waals surface area contributed by atoms with Crippen LogP contribution in [-0.4, -0.2) is 68.5 Å². The molecule has 22 heteroatoms. The molecule has 0 unspecified atom stereocenters. The normalized spacial score (nSPS) is 10.6. The summed E-state index contributed by atoms with van der Waals surface area (Å²) in [5.41, 5.74) is 48.4. The Hall–Kier alpha value is -17.4. The molecule has 8 aromatic heterocycles. The first-order valence-electron chi connectivity index (χ1n) is 42.4. The van der Waals surface area contributed by atoms with Crippen LogP contribution in [0, 0.1) is 75.5 Å². The number of nitrogens with one attached hydrogen (secondary N) is 2. The number of hydrogen-bond donors (Lipinski definition) is 5. The van der Waals surface area contributed by atoms with Gasteiger partial charge in [0.2, 0.25) is 0 Å². The van der Waals surface area contributed by atoms with Gasteiger partial charge < -0.3 is 31.4 Å². The number of anilines is 5. The van der Waals surface area contributed by atoms with E-state index in [1.807, 2.05) is 356 Å². The standard InChI is InChI=1S/C27H21N3O2.C26H23N3O2.C20H22N4O2.C19H15N3.C18H17N3/c1-18-9-15-23(16-10-18)32-27(31)29-24-17-19(2)25(21-11-13-22(28-3)14-12-21)30-26(24)20-7-5-4-6-8-20;1-17-9-11-22(12-10-17)31-26(30)28-23-15-18(2)24(21-13-14-27-19(3)16-21)29-25(23)20-7-5-4-6-8-20;1-13-10-16(21)18(14-8-6-5-7-9-14)23-17(13)15-11-22-24(12-15)19(25)26-20(2,3)4;1-13-12-17(20)19(14-6-4-3-5-7-14)22-18(13)15-8-10-16(21-2)11-9-15;1-12-10-16(19)18(14-6-4-3-5-7-14)21-17(12)15-8-9-20-13(2)11-15/h4-17H,1-2H3,(H,29,31);4-16H,1-3H3,(H,28,30);5-12H,21H2,1-4H3;3-12H,20H2,1H3;3-11H,19H2,1-2H3. The van der Waals surface area contributed by atoms with Crippen molar-refractivity contribution in [2.45, 2.75) is 88.7 Å². The van der Waals surface area contributed by atoms with Crippen LogP contribution in [0.25, 0.3) is 122 Å². The minimum atomic E-state index is -0.584. The minimum absolute atomic E-state index is 0.468. The number of hydrogen-bond acceptors (Lipinski definition) is 17. The van der Waals surface area contributed by atoms with Crippen molar-refractivity contribution in [3.8, 4) is 124 Å². The lowest BCUT2D eigenvalue weighted by atomic mass is 10.0. The second kappa shape index (κ2) is 42.7. The molecule has 132 heavy (non-hydrogen) atoms.